The summed E-state index contributed by atoms with van der Waals surface area (Å²) in [4.78, 5) is 43.0. The number of unbranched alkanes of at least 4 members (excludes halogenated alkanes) is 36. The SMILES string of the molecule is CCCCCCCCCCCCCCCOC(=O)CCN(CCCN(C)C)CCC(=O)OCCCCCCCCCCCCCCC.CCCCCCCCCCCCCCCOC(=O)CCNCCCN(C)C. The minimum absolute atomic E-state index is 0.0611. The molecule has 0 aromatic heterocycles. The molecule has 0 saturated heterocycles. The van der Waals surface area contributed by atoms with Gasteiger partial charge in [-0.05, 0) is 86.5 Å². The average Bonchev–Trinajstić information content (AvgIpc) is 3.38. The van der Waals surface area contributed by atoms with Gasteiger partial charge in [-0.3, -0.25) is 14.4 Å². The molecule has 0 aliphatic heterocycles. The lowest BCUT2D eigenvalue weighted by atomic mass is 10.0. The first-order valence-electron chi connectivity index (χ1n) is 32.3. The van der Waals surface area contributed by atoms with E-state index in [1.165, 1.54) is 218 Å². The predicted molar refractivity (Wildman–Crippen MR) is 319 cm³/mol. The van der Waals surface area contributed by atoms with Gasteiger partial charge in [0.1, 0.15) is 0 Å². The molecule has 0 bridgehead atoms. The van der Waals surface area contributed by atoms with Crippen molar-refractivity contribution in [1.29, 1.82) is 0 Å². The fraction of sp³-hybridized carbons (Fsp3) is 0.953. The zero-order chi connectivity index (χ0) is 54.5. The largest absolute Gasteiger partial charge is 0.466 e. The summed E-state index contributed by atoms with van der Waals surface area (Å²) in [5, 5.41) is 3.30. The molecule has 0 unspecified atom stereocenters. The highest BCUT2D eigenvalue weighted by molar-refractivity contribution is 5.70. The third-order valence-corrected chi connectivity index (χ3v) is 14.3. The number of ether oxygens (including phenoxy) is 3. The van der Waals surface area contributed by atoms with Gasteiger partial charge in [-0.25, -0.2) is 0 Å². The summed E-state index contributed by atoms with van der Waals surface area (Å²) < 4.78 is 16.4. The van der Waals surface area contributed by atoms with Crippen LogP contribution in [0.2, 0.25) is 0 Å². The summed E-state index contributed by atoms with van der Waals surface area (Å²) in [6.45, 7) is 14.4. The Morgan fingerprint density at radius 1 is 0.284 bits per heavy atom. The van der Waals surface area contributed by atoms with Crippen molar-refractivity contribution in [1.82, 2.24) is 20.0 Å². The van der Waals surface area contributed by atoms with Crippen LogP contribution in [0.1, 0.15) is 303 Å². The number of nitrogens with one attached hydrogen (secondary N) is 1. The Hall–Kier alpha value is -1.75. The Bertz CT molecular complexity index is 1080. The lowest BCUT2D eigenvalue weighted by Gasteiger charge is -2.22. The van der Waals surface area contributed by atoms with E-state index in [1.54, 1.807) is 0 Å². The molecule has 442 valence electrons. The summed E-state index contributed by atoms with van der Waals surface area (Å²) >= 11 is 0. The number of nitrogens with zero attached hydrogens (tertiary/aromatic N) is 3. The standard InChI is InChI=1S/C41H82N2O4.C23H48N2O2/c1-5-7-9-11-13-15-17-19-21-23-25-27-29-38-46-40(44)32-36-43(35-31-34-42(3)4)37-33-41(45)47-39-30-28-26-24-22-20-18-16-14-12-10-8-6-2;1-4-5-6-7-8-9-10-11-12-13-14-15-16-22-27-23(26)18-20-24-19-17-21-25(2)3/h5-39H2,1-4H3;24H,4-22H2,1-3H3. The van der Waals surface area contributed by atoms with E-state index in [2.05, 4.69) is 69.0 Å². The molecule has 0 amide bonds. The molecule has 0 aliphatic rings. The van der Waals surface area contributed by atoms with Crippen LogP contribution in [0.25, 0.3) is 0 Å². The fourth-order valence-corrected chi connectivity index (χ4v) is 9.41. The van der Waals surface area contributed by atoms with Gasteiger partial charge >= 0.3 is 17.9 Å². The van der Waals surface area contributed by atoms with Gasteiger partial charge in [0.15, 0.2) is 0 Å². The Balaban J connectivity index is 0. The number of hydrogen-bond donors (Lipinski definition) is 1. The first-order valence-corrected chi connectivity index (χ1v) is 32.3. The van der Waals surface area contributed by atoms with E-state index in [1.807, 2.05) is 0 Å². The van der Waals surface area contributed by atoms with Crippen molar-refractivity contribution in [3.8, 4) is 0 Å². The monoisotopic (exact) mass is 1050 g/mol. The molecular formula is C64H130N4O6. The van der Waals surface area contributed by atoms with Crippen LogP contribution in [0.3, 0.4) is 0 Å². The van der Waals surface area contributed by atoms with Crippen LogP contribution in [-0.2, 0) is 28.6 Å². The maximum atomic E-state index is 12.4. The van der Waals surface area contributed by atoms with Crippen LogP contribution in [0.5, 0.6) is 0 Å². The van der Waals surface area contributed by atoms with Crippen molar-refractivity contribution in [3.63, 3.8) is 0 Å². The number of esters is 3. The van der Waals surface area contributed by atoms with Gasteiger partial charge in [0.2, 0.25) is 0 Å². The van der Waals surface area contributed by atoms with Crippen molar-refractivity contribution < 1.29 is 28.6 Å². The maximum Gasteiger partial charge on any atom is 0.307 e. The smallest absolute Gasteiger partial charge is 0.307 e. The molecule has 0 fully saturated rings. The van der Waals surface area contributed by atoms with Crippen LogP contribution in [0.4, 0.5) is 0 Å². The van der Waals surface area contributed by atoms with Gasteiger partial charge in [0, 0.05) is 19.6 Å². The van der Waals surface area contributed by atoms with E-state index in [-0.39, 0.29) is 17.9 Å². The van der Waals surface area contributed by atoms with Crippen molar-refractivity contribution in [2.24, 2.45) is 0 Å². The highest BCUT2D eigenvalue weighted by Crippen LogP contribution is 2.16. The van der Waals surface area contributed by atoms with E-state index in [9.17, 15) is 14.4 Å². The van der Waals surface area contributed by atoms with Crippen LogP contribution < -0.4 is 5.32 Å². The second kappa shape index (κ2) is 63.8. The van der Waals surface area contributed by atoms with Gasteiger partial charge in [0.05, 0.1) is 39.1 Å². The van der Waals surface area contributed by atoms with E-state index in [4.69, 9.17) is 14.2 Å². The van der Waals surface area contributed by atoms with Crippen LogP contribution in [-0.4, -0.2) is 126 Å². The van der Waals surface area contributed by atoms with E-state index in [0.29, 0.717) is 52.2 Å². The van der Waals surface area contributed by atoms with Gasteiger partial charge in [-0.15, -0.1) is 0 Å². The summed E-state index contributed by atoms with van der Waals surface area (Å²) in [7, 11) is 8.31. The number of hydrogen-bond acceptors (Lipinski definition) is 10. The summed E-state index contributed by atoms with van der Waals surface area (Å²) in [6.07, 6.45) is 55.0. The number of carbonyl (C=O) groups excluding carboxylic acids is 3. The number of carbonyl (C=O) groups is 3. The van der Waals surface area contributed by atoms with Crippen molar-refractivity contribution in [2.45, 2.75) is 303 Å². The Kier molecular flexibility index (Phi) is 64.1. The van der Waals surface area contributed by atoms with Crippen LogP contribution in [0.15, 0.2) is 0 Å². The Morgan fingerprint density at radius 3 is 0.824 bits per heavy atom. The van der Waals surface area contributed by atoms with Crippen LogP contribution >= 0.6 is 0 Å². The topological polar surface area (TPSA) is 101 Å². The van der Waals surface area contributed by atoms with Crippen molar-refractivity contribution in [2.75, 3.05) is 93.8 Å². The highest BCUT2D eigenvalue weighted by atomic mass is 16.5. The van der Waals surface area contributed by atoms with Gasteiger partial charge in [0.25, 0.3) is 0 Å². The minimum Gasteiger partial charge on any atom is -0.466 e. The van der Waals surface area contributed by atoms with Crippen molar-refractivity contribution >= 4 is 17.9 Å². The fourth-order valence-electron chi connectivity index (χ4n) is 9.41. The highest BCUT2D eigenvalue weighted by Gasteiger charge is 2.13. The molecule has 0 heterocycles. The molecule has 10 nitrogen and oxygen atoms in total. The third-order valence-electron chi connectivity index (χ3n) is 14.3. The summed E-state index contributed by atoms with van der Waals surface area (Å²) in [5.74, 6) is -0.299. The summed E-state index contributed by atoms with van der Waals surface area (Å²) in [5.41, 5.74) is 0. The predicted octanol–water partition coefficient (Wildman–Crippen LogP) is 16.8. The molecule has 0 radical (unpaired) electrons. The Labute approximate surface area is 461 Å². The molecule has 0 rings (SSSR count). The lowest BCUT2D eigenvalue weighted by Crippen LogP contribution is -2.32. The van der Waals surface area contributed by atoms with Gasteiger partial charge < -0.3 is 34.2 Å². The van der Waals surface area contributed by atoms with Crippen molar-refractivity contribution in [3.05, 3.63) is 0 Å². The molecule has 0 saturated carbocycles. The van der Waals surface area contributed by atoms with Gasteiger partial charge in [-0.1, -0.05) is 252 Å². The quantitative estimate of drug-likeness (QED) is 0.0360. The third kappa shape index (κ3) is 66.4. The molecular weight excluding hydrogens is 921 g/mol. The normalized spacial score (nSPS) is 11.4. The first-order chi connectivity index (χ1) is 36.2. The molecule has 74 heavy (non-hydrogen) atoms. The second-order valence-corrected chi connectivity index (χ2v) is 22.5. The second-order valence-electron chi connectivity index (χ2n) is 22.5. The van der Waals surface area contributed by atoms with E-state index >= 15 is 0 Å². The molecule has 0 aromatic carbocycles. The zero-order valence-corrected chi connectivity index (χ0v) is 51.0. The molecule has 0 atom stereocenters. The molecule has 10 heteroatoms. The average molecular weight is 1050 g/mol. The Morgan fingerprint density at radius 2 is 0.541 bits per heavy atom. The first kappa shape index (κ1) is 74.3. The summed E-state index contributed by atoms with van der Waals surface area (Å²) in [6, 6.07) is 0. The number of rotatable bonds is 59. The van der Waals surface area contributed by atoms with Crippen LogP contribution in [0, 0.1) is 0 Å². The molecule has 1 N–H and O–H groups in total. The lowest BCUT2D eigenvalue weighted by molar-refractivity contribution is -0.145. The zero-order valence-electron chi connectivity index (χ0n) is 51.0. The molecule has 0 spiro atoms. The van der Waals surface area contributed by atoms with Gasteiger partial charge in [-0.2, -0.15) is 0 Å². The minimum atomic E-state index is -0.119. The molecule has 0 aromatic rings. The van der Waals surface area contributed by atoms with E-state index < -0.39 is 0 Å². The van der Waals surface area contributed by atoms with E-state index in [0.717, 1.165) is 77.7 Å². The maximum absolute atomic E-state index is 12.4. The molecule has 0 aliphatic carbocycles.